The second kappa shape index (κ2) is 12.5. The van der Waals surface area contributed by atoms with Gasteiger partial charge in [-0.15, -0.1) is 0 Å². The Morgan fingerprint density at radius 2 is 1.66 bits per heavy atom. The highest BCUT2D eigenvalue weighted by Crippen LogP contribution is 2.18. The fourth-order valence-electron chi connectivity index (χ4n) is 3.24. The molecule has 0 bridgehead atoms. The lowest BCUT2D eigenvalue weighted by atomic mass is 10.0. The van der Waals surface area contributed by atoms with Gasteiger partial charge in [0, 0.05) is 19.2 Å². The van der Waals surface area contributed by atoms with Crippen LogP contribution in [-0.2, 0) is 27.2 Å². The van der Waals surface area contributed by atoms with E-state index < -0.39 is 12.1 Å². The Bertz CT molecular complexity index is 914. The van der Waals surface area contributed by atoms with E-state index in [4.69, 9.17) is 0 Å². The van der Waals surface area contributed by atoms with E-state index in [2.05, 4.69) is 21.3 Å². The third kappa shape index (κ3) is 7.70. The molecule has 2 aromatic rings. The summed E-state index contributed by atoms with van der Waals surface area (Å²) in [5, 5.41) is 20.6. The van der Waals surface area contributed by atoms with Crippen LogP contribution in [0.5, 0.6) is 5.75 Å². The average Bonchev–Trinajstić information content (AvgIpc) is 2.79. The van der Waals surface area contributed by atoms with Crippen LogP contribution in [0.25, 0.3) is 0 Å². The fraction of sp³-hybridized carbons (Fsp3) is 0.375. The summed E-state index contributed by atoms with van der Waals surface area (Å²) < 4.78 is 0. The summed E-state index contributed by atoms with van der Waals surface area (Å²) in [6.07, 6.45) is 2.15. The van der Waals surface area contributed by atoms with Gasteiger partial charge >= 0.3 is 0 Å². The molecule has 0 aliphatic carbocycles. The normalized spacial score (nSPS) is 12.5. The molecule has 8 heteroatoms. The van der Waals surface area contributed by atoms with Crippen molar-refractivity contribution in [2.24, 2.45) is 0 Å². The number of nitrogens with one attached hydrogen (secondary N) is 4. The lowest BCUT2D eigenvalue weighted by molar-refractivity contribution is -0.127. The maximum absolute atomic E-state index is 12.7. The number of carbonyl (C=O) groups is 3. The fourth-order valence-corrected chi connectivity index (χ4v) is 3.24. The molecule has 0 aromatic heterocycles. The van der Waals surface area contributed by atoms with Gasteiger partial charge in [-0.2, -0.15) is 0 Å². The lowest BCUT2D eigenvalue weighted by Crippen LogP contribution is -2.50. The second-order valence-corrected chi connectivity index (χ2v) is 7.62. The van der Waals surface area contributed by atoms with Gasteiger partial charge in [0.1, 0.15) is 11.8 Å². The molecule has 3 amide bonds. The molecule has 0 spiro atoms. The number of aryl methyl sites for hydroxylation is 1. The van der Waals surface area contributed by atoms with Crippen LogP contribution in [0.3, 0.4) is 0 Å². The number of carbonyl (C=O) groups excluding carboxylic acids is 3. The summed E-state index contributed by atoms with van der Waals surface area (Å²) in [5.74, 6) is -0.466. The molecular weight excluding hydrogens is 408 g/mol. The summed E-state index contributed by atoms with van der Waals surface area (Å²) in [7, 11) is 3.29. The Hall–Kier alpha value is -3.39. The number of hydrogen-bond donors (Lipinski definition) is 5. The highest BCUT2D eigenvalue weighted by atomic mass is 16.3. The highest BCUT2D eigenvalue weighted by Gasteiger charge is 2.22. The van der Waals surface area contributed by atoms with E-state index in [1.54, 1.807) is 45.3 Å². The summed E-state index contributed by atoms with van der Waals surface area (Å²) in [6, 6.07) is 12.8. The van der Waals surface area contributed by atoms with Crippen LogP contribution in [0.1, 0.15) is 30.9 Å². The van der Waals surface area contributed by atoms with Crippen molar-refractivity contribution in [2.75, 3.05) is 19.4 Å². The Morgan fingerprint density at radius 1 is 0.969 bits per heavy atom. The first-order valence-electron chi connectivity index (χ1n) is 10.7. The van der Waals surface area contributed by atoms with E-state index in [0.717, 1.165) is 11.1 Å². The monoisotopic (exact) mass is 440 g/mol. The highest BCUT2D eigenvalue weighted by molar-refractivity contribution is 5.98. The maximum atomic E-state index is 12.7. The third-order valence-electron chi connectivity index (χ3n) is 5.20. The molecule has 172 valence electrons. The zero-order chi connectivity index (χ0) is 23.5. The van der Waals surface area contributed by atoms with Crippen LogP contribution in [0.15, 0.2) is 48.5 Å². The molecule has 5 N–H and O–H groups in total. The number of phenols is 1. The first-order valence-corrected chi connectivity index (χ1v) is 10.7. The summed E-state index contributed by atoms with van der Waals surface area (Å²) in [4.78, 5) is 36.8. The van der Waals surface area contributed by atoms with Crippen LogP contribution in [0, 0.1) is 0 Å². The van der Waals surface area contributed by atoms with E-state index in [1.807, 2.05) is 24.3 Å². The zero-order valence-corrected chi connectivity index (χ0v) is 18.8. The number of aromatic hydroxyl groups is 1. The molecule has 2 rings (SSSR count). The molecule has 0 aliphatic heterocycles. The molecule has 0 heterocycles. The van der Waals surface area contributed by atoms with Gasteiger partial charge in [0.25, 0.3) is 0 Å². The molecule has 2 atom stereocenters. The molecule has 0 saturated carbocycles. The standard InChI is InChI=1S/C24H32N4O4/c1-16(27-24(32)21(25-2)15-17-11-13-19(29)14-12-17)23(31)28-20-9-5-4-7-18(20)8-6-10-22(30)26-3/h4-5,7,9,11-14,16,21,25,29H,6,8,10,15H2,1-3H3,(H,26,30)(H,27,32)(H,28,31)/t16-,21+/m1/s1. The molecule has 0 aliphatic rings. The van der Waals surface area contributed by atoms with E-state index in [-0.39, 0.29) is 23.5 Å². The first-order chi connectivity index (χ1) is 15.3. The van der Waals surface area contributed by atoms with Crippen LogP contribution >= 0.6 is 0 Å². The number of anilines is 1. The topological polar surface area (TPSA) is 120 Å². The van der Waals surface area contributed by atoms with Gasteiger partial charge in [-0.25, -0.2) is 0 Å². The Kier molecular flexibility index (Phi) is 9.69. The average molecular weight is 441 g/mol. The van der Waals surface area contributed by atoms with E-state index in [1.165, 1.54) is 0 Å². The predicted molar refractivity (Wildman–Crippen MR) is 124 cm³/mol. The van der Waals surface area contributed by atoms with Crippen LogP contribution < -0.4 is 21.3 Å². The third-order valence-corrected chi connectivity index (χ3v) is 5.20. The SMILES string of the molecule is CNC(=O)CCCc1ccccc1NC(=O)[C@@H](C)NC(=O)[C@H](Cc1ccc(O)cc1)NC. The maximum Gasteiger partial charge on any atom is 0.246 e. The number of hydrogen-bond acceptors (Lipinski definition) is 5. The van der Waals surface area contributed by atoms with Gasteiger partial charge in [-0.05, 0) is 62.6 Å². The molecule has 0 unspecified atom stereocenters. The van der Waals surface area contributed by atoms with Crippen molar-refractivity contribution in [3.05, 3.63) is 59.7 Å². The molecule has 8 nitrogen and oxygen atoms in total. The van der Waals surface area contributed by atoms with Crippen LogP contribution in [-0.4, -0.2) is 49.0 Å². The van der Waals surface area contributed by atoms with E-state index in [9.17, 15) is 19.5 Å². The summed E-state index contributed by atoms with van der Waals surface area (Å²) in [5.41, 5.74) is 2.49. The van der Waals surface area contributed by atoms with Gasteiger partial charge in [0.15, 0.2) is 0 Å². The van der Waals surface area contributed by atoms with E-state index >= 15 is 0 Å². The number of likely N-dealkylation sites (N-methyl/N-ethyl adjacent to an activating group) is 1. The summed E-state index contributed by atoms with van der Waals surface area (Å²) in [6.45, 7) is 1.63. The number of para-hydroxylation sites is 1. The molecule has 2 aromatic carbocycles. The van der Waals surface area contributed by atoms with Crippen molar-refractivity contribution in [1.82, 2.24) is 16.0 Å². The van der Waals surface area contributed by atoms with Crippen LogP contribution in [0.2, 0.25) is 0 Å². The second-order valence-electron chi connectivity index (χ2n) is 7.62. The minimum Gasteiger partial charge on any atom is -0.508 e. The minimum absolute atomic E-state index is 0.0192. The van der Waals surface area contributed by atoms with Crippen molar-refractivity contribution < 1.29 is 19.5 Å². The number of amides is 3. The number of rotatable bonds is 11. The largest absolute Gasteiger partial charge is 0.508 e. The van der Waals surface area contributed by atoms with Gasteiger partial charge in [0.05, 0.1) is 6.04 Å². The minimum atomic E-state index is -0.739. The van der Waals surface area contributed by atoms with Crippen molar-refractivity contribution in [1.29, 1.82) is 0 Å². The van der Waals surface area contributed by atoms with Crippen molar-refractivity contribution in [3.63, 3.8) is 0 Å². The molecule has 0 radical (unpaired) electrons. The lowest BCUT2D eigenvalue weighted by Gasteiger charge is -2.20. The molecule has 32 heavy (non-hydrogen) atoms. The smallest absolute Gasteiger partial charge is 0.246 e. The van der Waals surface area contributed by atoms with Crippen molar-refractivity contribution in [2.45, 2.75) is 44.7 Å². The first kappa shape index (κ1) is 24.9. The molecule has 0 fully saturated rings. The molecular formula is C24H32N4O4. The van der Waals surface area contributed by atoms with Crippen LogP contribution in [0.4, 0.5) is 5.69 Å². The summed E-state index contributed by atoms with van der Waals surface area (Å²) >= 11 is 0. The van der Waals surface area contributed by atoms with Crippen molar-refractivity contribution in [3.8, 4) is 5.75 Å². The number of phenolic OH excluding ortho intramolecular Hbond substituents is 1. The number of benzene rings is 2. The Balaban J connectivity index is 1.93. The Labute approximate surface area is 188 Å². The predicted octanol–water partition coefficient (Wildman–Crippen LogP) is 1.73. The van der Waals surface area contributed by atoms with Gasteiger partial charge in [-0.1, -0.05) is 30.3 Å². The Morgan fingerprint density at radius 3 is 2.31 bits per heavy atom. The van der Waals surface area contributed by atoms with Gasteiger partial charge in [0.2, 0.25) is 17.7 Å². The van der Waals surface area contributed by atoms with Gasteiger partial charge < -0.3 is 26.4 Å². The zero-order valence-electron chi connectivity index (χ0n) is 18.8. The quantitative estimate of drug-likeness (QED) is 0.365. The molecule has 0 saturated heterocycles. The van der Waals surface area contributed by atoms with Crippen molar-refractivity contribution >= 4 is 23.4 Å². The van der Waals surface area contributed by atoms with Gasteiger partial charge in [-0.3, -0.25) is 14.4 Å². The van der Waals surface area contributed by atoms with E-state index in [0.29, 0.717) is 31.4 Å².